The summed E-state index contributed by atoms with van der Waals surface area (Å²) in [6.45, 7) is 5.01. The third-order valence-electron chi connectivity index (χ3n) is 1.82. The smallest absolute Gasteiger partial charge is 0.251 e. The predicted molar refractivity (Wildman–Crippen MR) is 57.5 cm³/mol. The molecule has 0 atom stereocenters. The molecule has 84 valence electrons. The second-order valence-electron chi connectivity index (χ2n) is 3.65. The Balaban J connectivity index is 2.75. The van der Waals surface area contributed by atoms with Crippen LogP contribution in [-0.4, -0.2) is 23.1 Å². The van der Waals surface area contributed by atoms with Gasteiger partial charge in [0, 0.05) is 25.8 Å². The van der Waals surface area contributed by atoms with Gasteiger partial charge in [0.25, 0.3) is 5.56 Å². The van der Waals surface area contributed by atoms with Gasteiger partial charge in [-0.1, -0.05) is 13.8 Å². The molecule has 0 aliphatic heterocycles. The maximum atomic E-state index is 11.3. The molecule has 1 heterocycles. The van der Waals surface area contributed by atoms with Crippen LogP contribution >= 0.6 is 0 Å². The highest BCUT2D eigenvalue weighted by molar-refractivity contribution is 5.02. The molecule has 15 heavy (non-hydrogen) atoms. The minimum atomic E-state index is -0.141. The molecule has 1 aromatic rings. The molecule has 1 aromatic heterocycles. The largest absolute Gasteiger partial charge is 0.377 e. The molecular formula is C10H17N3O2. The van der Waals surface area contributed by atoms with Crippen molar-refractivity contribution in [3.8, 4) is 0 Å². The van der Waals surface area contributed by atoms with Gasteiger partial charge in [0.2, 0.25) is 0 Å². The average Bonchev–Trinajstić information content (AvgIpc) is 2.14. The Morgan fingerprint density at radius 1 is 1.60 bits per heavy atom. The first-order valence-electron chi connectivity index (χ1n) is 4.93. The summed E-state index contributed by atoms with van der Waals surface area (Å²) in [5.74, 6) is 0.561. The minimum Gasteiger partial charge on any atom is -0.377 e. The summed E-state index contributed by atoms with van der Waals surface area (Å²) < 4.78 is 4.91. The molecule has 0 saturated carbocycles. The van der Waals surface area contributed by atoms with E-state index < -0.39 is 0 Å². The van der Waals surface area contributed by atoms with Crippen LogP contribution in [0.2, 0.25) is 0 Å². The number of nitrogens with one attached hydrogen (secondary N) is 2. The standard InChI is InChI=1S/C10H17N3O2/c1-7(2)11-5-8-4-10(14)13-9(12-8)6-15-3/h4,7,11H,5-6H2,1-3H3,(H,12,13,14). The molecule has 5 nitrogen and oxygen atoms in total. The molecule has 0 saturated heterocycles. The lowest BCUT2D eigenvalue weighted by Crippen LogP contribution is -2.24. The Kier molecular flexibility index (Phi) is 4.45. The summed E-state index contributed by atoms with van der Waals surface area (Å²) in [5, 5.41) is 3.20. The Hall–Kier alpha value is -1.20. The first kappa shape index (κ1) is 11.9. The molecule has 0 aromatic carbocycles. The van der Waals surface area contributed by atoms with E-state index in [0.717, 1.165) is 5.69 Å². The summed E-state index contributed by atoms with van der Waals surface area (Å²) in [7, 11) is 1.57. The summed E-state index contributed by atoms with van der Waals surface area (Å²) in [6.07, 6.45) is 0. The number of methoxy groups -OCH3 is 1. The number of nitrogens with zero attached hydrogens (tertiary/aromatic N) is 1. The molecule has 2 N–H and O–H groups in total. The van der Waals surface area contributed by atoms with Gasteiger partial charge in [-0.15, -0.1) is 0 Å². The molecule has 0 bridgehead atoms. The van der Waals surface area contributed by atoms with E-state index in [1.165, 1.54) is 6.07 Å². The number of hydrogen-bond acceptors (Lipinski definition) is 4. The lowest BCUT2D eigenvalue weighted by molar-refractivity contribution is 0.177. The van der Waals surface area contributed by atoms with Crippen LogP contribution in [0.5, 0.6) is 0 Å². The molecule has 0 spiro atoms. The summed E-state index contributed by atoms with van der Waals surface area (Å²) in [5.41, 5.74) is 0.595. The Morgan fingerprint density at radius 2 is 2.33 bits per heavy atom. The van der Waals surface area contributed by atoms with Crippen LogP contribution in [0.15, 0.2) is 10.9 Å². The monoisotopic (exact) mass is 211 g/mol. The van der Waals surface area contributed by atoms with Gasteiger partial charge in [-0.05, 0) is 0 Å². The third kappa shape index (κ3) is 4.22. The van der Waals surface area contributed by atoms with Gasteiger partial charge >= 0.3 is 0 Å². The van der Waals surface area contributed by atoms with Gasteiger partial charge in [0.05, 0.1) is 5.69 Å². The maximum absolute atomic E-state index is 11.3. The second-order valence-corrected chi connectivity index (χ2v) is 3.65. The van der Waals surface area contributed by atoms with Crippen molar-refractivity contribution in [3.05, 3.63) is 27.9 Å². The van der Waals surface area contributed by atoms with E-state index in [4.69, 9.17) is 4.74 Å². The molecule has 0 aliphatic rings. The van der Waals surface area contributed by atoms with Gasteiger partial charge in [0.1, 0.15) is 12.4 Å². The molecule has 0 unspecified atom stereocenters. The zero-order chi connectivity index (χ0) is 11.3. The van der Waals surface area contributed by atoms with Crippen molar-refractivity contribution < 1.29 is 4.74 Å². The number of hydrogen-bond donors (Lipinski definition) is 2. The highest BCUT2D eigenvalue weighted by Gasteiger charge is 2.01. The minimum absolute atomic E-state index is 0.141. The second kappa shape index (κ2) is 5.63. The molecular weight excluding hydrogens is 194 g/mol. The quantitative estimate of drug-likeness (QED) is 0.740. The molecule has 0 fully saturated rings. The van der Waals surface area contributed by atoms with Crippen LogP contribution in [0.1, 0.15) is 25.4 Å². The molecule has 0 amide bonds. The number of ether oxygens (including phenoxy) is 1. The van der Waals surface area contributed by atoms with Crippen molar-refractivity contribution in [2.75, 3.05) is 7.11 Å². The average molecular weight is 211 g/mol. The van der Waals surface area contributed by atoms with Crippen molar-refractivity contribution in [1.82, 2.24) is 15.3 Å². The van der Waals surface area contributed by atoms with E-state index in [2.05, 4.69) is 15.3 Å². The molecule has 0 aliphatic carbocycles. The number of rotatable bonds is 5. The van der Waals surface area contributed by atoms with E-state index >= 15 is 0 Å². The normalized spacial score (nSPS) is 10.9. The Bertz CT molecular complexity index is 360. The van der Waals surface area contributed by atoms with Crippen LogP contribution in [0.4, 0.5) is 0 Å². The fourth-order valence-corrected chi connectivity index (χ4v) is 1.17. The van der Waals surface area contributed by atoms with Gasteiger partial charge in [-0.3, -0.25) is 4.79 Å². The summed E-state index contributed by atoms with van der Waals surface area (Å²) in [6, 6.07) is 1.87. The zero-order valence-electron chi connectivity index (χ0n) is 9.33. The molecule has 5 heteroatoms. The van der Waals surface area contributed by atoms with E-state index in [9.17, 15) is 4.79 Å². The third-order valence-corrected chi connectivity index (χ3v) is 1.82. The predicted octanol–water partition coefficient (Wildman–Crippen LogP) is 0.414. The summed E-state index contributed by atoms with van der Waals surface area (Å²) in [4.78, 5) is 18.1. The summed E-state index contributed by atoms with van der Waals surface area (Å²) >= 11 is 0. The fraction of sp³-hybridized carbons (Fsp3) is 0.600. The molecule has 0 radical (unpaired) electrons. The van der Waals surface area contributed by atoms with Gasteiger partial charge < -0.3 is 15.0 Å². The van der Waals surface area contributed by atoms with Crippen LogP contribution in [0.25, 0.3) is 0 Å². The number of aromatic amines is 1. The first-order valence-corrected chi connectivity index (χ1v) is 4.93. The van der Waals surface area contributed by atoms with Crippen molar-refractivity contribution in [1.29, 1.82) is 0 Å². The SMILES string of the molecule is COCc1nc(CNC(C)C)cc(=O)[nH]1. The zero-order valence-corrected chi connectivity index (χ0v) is 9.33. The van der Waals surface area contributed by atoms with Crippen molar-refractivity contribution in [3.63, 3.8) is 0 Å². The van der Waals surface area contributed by atoms with Crippen molar-refractivity contribution >= 4 is 0 Å². The van der Waals surface area contributed by atoms with Gasteiger partial charge in [-0.25, -0.2) is 4.98 Å². The highest BCUT2D eigenvalue weighted by Crippen LogP contribution is 1.94. The lowest BCUT2D eigenvalue weighted by Gasteiger charge is -2.08. The topological polar surface area (TPSA) is 67.0 Å². The van der Waals surface area contributed by atoms with E-state index in [1.807, 2.05) is 13.8 Å². The number of H-pyrrole nitrogens is 1. The Morgan fingerprint density at radius 3 is 2.93 bits per heavy atom. The van der Waals surface area contributed by atoms with Gasteiger partial charge in [0.15, 0.2) is 0 Å². The van der Waals surface area contributed by atoms with Crippen molar-refractivity contribution in [2.24, 2.45) is 0 Å². The maximum Gasteiger partial charge on any atom is 0.251 e. The van der Waals surface area contributed by atoms with E-state index in [0.29, 0.717) is 25.0 Å². The van der Waals surface area contributed by atoms with Crippen LogP contribution in [0, 0.1) is 0 Å². The van der Waals surface area contributed by atoms with Crippen molar-refractivity contribution in [2.45, 2.75) is 33.0 Å². The van der Waals surface area contributed by atoms with Crippen LogP contribution in [0.3, 0.4) is 0 Å². The fourth-order valence-electron chi connectivity index (χ4n) is 1.17. The van der Waals surface area contributed by atoms with Crippen LogP contribution in [-0.2, 0) is 17.9 Å². The van der Waals surface area contributed by atoms with Crippen LogP contribution < -0.4 is 10.9 Å². The first-order chi connectivity index (χ1) is 7.11. The molecule has 1 rings (SSSR count). The van der Waals surface area contributed by atoms with Gasteiger partial charge in [-0.2, -0.15) is 0 Å². The number of aromatic nitrogens is 2. The highest BCUT2D eigenvalue weighted by atomic mass is 16.5. The van der Waals surface area contributed by atoms with E-state index in [-0.39, 0.29) is 5.56 Å². The Labute approximate surface area is 88.9 Å². The lowest BCUT2D eigenvalue weighted by atomic mass is 10.3. The van der Waals surface area contributed by atoms with E-state index in [1.54, 1.807) is 7.11 Å².